The molecule has 0 aromatic heterocycles. The van der Waals surface area contributed by atoms with Gasteiger partial charge in [-0.2, -0.15) is 0 Å². The van der Waals surface area contributed by atoms with Crippen LogP contribution in [0.3, 0.4) is 0 Å². The lowest BCUT2D eigenvalue weighted by molar-refractivity contribution is 0.632. The number of benzene rings is 8. The second kappa shape index (κ2) is 53.2. The predicted octanol–water partition coefficient (Wildman–Crippen LogP) is 27.1. The number of hydrogen-bond donors (Lipinski definition) is 0. The zero-order chi connectivity index (χ0) is 66.2. The van der Waals surface area contributed by atoms with E-state index < -0.39 is 0 Å². The Morgan fingerprint density at radius 1 is 0.244 bits per heavy atom. The van der Waals surface area contributed by atoms with Gasteiger partial charge in [0.2, 0.25) is 0 Å². The van der Waals surface area contributed by atoms with Crippen LogP contribution < -0.4 is 0 Å². The Kier molecular flexibility index (Phi) is 46.8. The monoisotopic (exact) mass is 1190 g/mol. The number of aryl methyl sites for hydroxylation is 8. The summed E-state index contributed by atoms with van der Waals surface area (Å²) < 4.78 is 0. The van der Waals surface area contributed by atoms with Crippen LogP contribution in [0.5, 0.6) is 0 Å². The van der Waals surface area contributed by atoms with Crippen LogP contribution >= 0.6 is 0 Å². The van der Waals surface area contributed by atoms with Gasteiger partial charge in [0, 0.05) is 0 Å². The second-order valence-corrected chi connectivity index (χ2v) is 22.2. The largest absolute Gasteiger partial charge is 0.0991 e. The lowest BCUT2D eigenvalue weighted by Crippen LogP contribution is -1.86. The molecule has 0 radical (unpaired) electrons. The maximum absolute atomic E-state index is 3.79. The molecule has 0 aliphatic carbocycles. The molecule has 0 nitrogen and oxygen atoms in total. The summed E-state index contributed by atoms with van der Waals surface area (Å²) >= 11 is 0. The van der Waals surface area contributed by atoms with E-state index in [2.05, 4.69) is 290 Å². The van der Waals surface area contributed by atoms with E-state index in [0.29, 0.717) is 0 Å². The van der Waals surface area contributed by atoms with Gasteiger partial charge in [-0.3, -0.25) is 0 Å². The molecule has 8 aromatic carbocycles. The summed E-state index contributed by atoms with van der Waals surface area (Å²) in [6.07, 6.45) is 40.7. The number of hydrogen-bond acceptors (Lipinski definition) is 0. The highest BCUT2D eigenvalue weighted by Gasteiger charge is 1.97. The van der Waals surface area contributed by atoms with Gasteiger partial charge in [-0.25, -0.2) is 0 Å². The minimum Gasteiger partial charge on any atom is -0.0991 e. The standard InChI is InChI=1S/C15H22.C13H18.2C11H12.2C11H14.2C9H10/c1-3-5-6-7-8-10-15-12-9-11-14(4-2)13-15;1-3-5-6-7-13-10-8-12(4-2)9-11-13;1-3-4-7-11-8-5-6-10(2)9-11;1-3-4-5-11-8-6-10(2)7-9-11;1-3-6-11-8-5-7-10(4-2)9-11;1-3-5-11-8-6-10(4-2)7-9-11;1-3-9-6-4-8(2)5-7-9;1-3-9-6-4-5-8(2)7-9/h4,9,11-13H,2-3,5-8,10H2,1H3;4,8-11H,2-3,5-7H2,1H3;2*3-9H,1H2,2H3;4-5,7-9H,2-3,6H2,1H3;4,6-9H,2-3,5H2,1H3;2*3-7H,1H2,2H3/b;;7-4+;5-4+;;;;. The van der Waals surface area contributed by atoms with Crippen molar-refractivity contribution in [2.45, 2.75) is 145 Å². The van der Waals surface area contributed by atoms with Crippen LogP contribution in [0.4, 0.5) is 0 Å². The van der Waals surface area contributed by atoms with E-state index in [1.54, 1.807) is 12.2 Å². The molecule has 0 bridgehead atoms. The summed E-state index contributed by atoms with van der Waals surface area (Å²) in [5.41, 5.74) is 20.5. The molecule has 0 N–H and O–H groups in total. The van der Waals surface area contributed by atoms with Gasteiger partial charge in [-0.05, 0) is 133 Å². The van der Waals surface area contributed by atoms with Crippen LogP contribution in [-0.2, 0) is 25.7 Å². The Hall–Kier alpha value is -8.84. The van der Waals surface area contributed by atoms with Gasteiger partial charge < -0.3 is 0 Å². The number of rotatable bonds is 24. The lowest BCUT2D eigenvalue weighted by atomic mass is 10.0. The fourth-order valence-corrected chi connectivity index (χ4v) is 8.79. The number of allylic oxidation sites excluding steroid dienone is 4. The van der Waals surface area contributed by atoms with Gasteiger partial charge in [0.05, 0.1) is 0 Å². The fourth-order valence-electron chi connectivity index (χ4n) is 8.79. The van der Waals surface area contributed by atoms with Crippen LogP contribution in [0.2, 0.25) is 0 Å². The van der Waals surface area contributed by atoms with Gasteiger partial charge in [0.1, 0.15) is 0 Å². The van der Waals surface area contributed by atoms with E-state index in [9.17, 15) is 0 Å². The molecule has 8 rings (SSSR count). The van der Waals surface area contributed by atoms with Crippen molar-refractivity contribution in [2.75, 3.05) is 0 Å². The fraction of sp³-hybridized carbons (Fsp3) is 0.244. The molecule has 0 unspecified atom stereocenters. The van der Waals surface area contributed by atoms with E-state index in [4.69, 9.17) is 0 Å². The minimum absolute atomic E-state index is 1.17. The summed E-state index contributed by atoms with van der Waals surface area (Å²) in [6.45, 7) is 46.7. The van der Waals surface area contributed by atoms with Gasteiger partial charge in [0.15, 0.2) is 0 Å². The Labute approximate surface area is 550 Å². The van der Waals surface area contributed by atoms with Crippen molar-refractivity contribution in [1.29, 1.82) is 0 Å². The Bertz CT molecular complexity index is 3240. The highest BCUT2D eigenvalue weighted by molar-refractivity contribution is 5.54. The van der Waals surface area contributed by atoms with Gasteiger partial charge in [-0.1, -0.05) is 421 Å². The van der Waals surface area contributed by atoms with Crippen molar-refractivity contribution in [3.63, 3.8) is 0 Å². The molecule has 0 spiro atoms. The van der Waals surface area contributed by atoms with E-state index >= 15 is 0 Å². The first kappa shape index (κ1) is 79.2. The molecule has 0 fully saturated rings. The summed E-state index contributed by atoms with van der Waals surface area (Å²) in [5, 5.41) is 0. The van der Waals surface area contributed by atoms with Gasteiger partial charge in [-0.15, -0.1) is 0 Å². The van der Waals surface area contributed by atoms with Crippen molar-refractivity contribution >= 4 is 48.6 Å². The number of unbranched alkanes of at least 4 members (excludes halogenated alkanes) is 6. The molecule has 0 amide bonds. The predicted molar refractivity (Wildman–Crippen MR) is 413 cm³/mol. The summed E-state index contributed by atoms with van der Waals surface area (Å²) in [4.78, 5) is 0. The zero-order valence-electron chi connectivity index (χ0n) is 57.0. The normalized spacial score (nSPS) is 9.78. The first-order chi connectivity index (χ1) is 43.8. The molecule has 0 aliphatic heterocycles. The smallest absolute Gasteiger partial charge is 0.0254 e. The highest BCUT2D eigenvalue weighted by atomic mass is 14.0. The third kappa shape index (κ3) is 40.6. The molecule has 0 heterocycles. The van der Waals surface area contributed by atoms with E-state index in [1.165, 1.54) is 179 Å². The average Bonchev–Trinajstić information content (AvgIpc) is 3.74. The molecular weight excluding hydrogens is 1080 g/mol. The van der Waals surface area contributed by atoms with Crippen molar-refractivity contribution in [3.8, 4) is 0 Å². The zero-order valence-corrected chi connectivity index (χ0v) is 57.0. The first-order valence-electron chi connectivity index (χ1n) is 32.7. The maximum atomic E-state index is 3.79. The molecule has 472 valence electrons. The minimum atomic E-state index is 1.17. The molecule has 0 heteroatoms. The summed E-state index contributed by atoms with van der Waals surface area (Å²) in [7, 11) is 0. The summed E-state index contributed by atoms with van der Waals surface area (Å²) in [6, 6.07) is 67.7. The molecule has 90 heavy (non-hydrogen) atoms. The molecule has 0 atom stereocenters. The maximum Gasteiger partial charge on any atom is -0.0254 e. The van der Waals surface area contributed by atoms with Crippen LogP contribution in [0.15, 0.2) is 271 Å². The Morgan fingerprint density at radius 3 is 0.956 bits per heavy atom. The molecule has 0 saturated heterocycles. The average molecular weight is 1190 g/mol. The van der Waals surface area contributed by atoms with Gasteiger partial charge in [0.25, 0.3) is 0 Å². The topological polar surface area (TPSA) is 0 Å². The van der Waals surface area contributed by atoms with E-state index in [-0.39, 0.29) is 0 Å². The lowest BCUT2D eigenvalue weighted by Gasteiger charge is -2.02. The van der Waals surface area contributed by atoms with E-state index in [1.807, 2.05) is 72.9 Å². The van der Waals surface area contributed by atoms with Crippen LogP contribution in [0.1, 0.15) is 181 Å². The SMILES string of the molecule is C=C/C=C/c1ccc(C)cc1.C=C/C=C/c1cccc(C)c1.C=Cc1ccc(C)cc1.C=Cc1ccc(CCC)cc1.C=Cc1ccc(CCCCC)cc1.C=Cc1cccc(C)c1.C=Cc1cccc(CCC)c1.C=Cc1cccc(CCCCCCC)c1. The Balaban J connectivity index is 0.000000517. The van der Waals surface area contributed by atoms with Crippen molar-refractivity contribution in [1.82, 2.24) is 0 Å². The third-order valence-electron chi connectivity index (χ3n) is 14.1. The van der Waals surface area contributed by atoms with Crippen LogP contribution in [0.25, 0.3) is 48.6 Å². The van der Waals surface area contributed by atoms with Crippen molar-refractivity contribution in [3.05, 3.63) is 360 Å². The van der Waals surface area contributed by atoms with Crippen LogP contribution in [0, 0.1) is 27.7 Å². The highest BCUT2D eigenvalue weighted by Crippen LogP contribution is 2.14. The molecule has 8 aromatic rings. The second-order valence-electron chi connectivity index (χ2n) is 22.2. The van der Waals surface area contributed by atoms with Crippen LogP contribution in [-0.4, -0.2) is 0 Å². The molecular formula is C90H112. The third-order valence-corrected chi connectivity index (χ3v) is 14.1. The first-order valence-corrected chi connectivity index (χ1v) is 32.7. The summed E-state index contributed by atoms with van der Waals surface area (Å²) in [5.74, 6) is 0. The van der Waals surface area contributed by atoms with E-state index in [0.717, 1.165) is 0 Å². The van der Waals surface area contributed by atoms with Crippen molar-refractivity contribution in [2.24, 2.45) is 0 Å². The quantitative estimate of drug-likeness (QED) is 0.0418. The van der Waals surface area contributed by atoms with Crippen molar-refractivity contribution < 1.29 is 0 Å². The Morgan fingerprint density at radius 2 is 0.556 bits per heavy atom. The molecule has 0 saturated carbocycles. The van der Waals surface area contributed by atoms with Gasteiger partial charge >= 0.3 is 0 Å². The molecule has 0 aliphatic rings.